The van der Waals surface area contributed by atoms with Crippen LogP contribution in [0.15, 0.2) is 36.4 Å². The number of nitrogens with zero attached hydrogens (tertiary/aromatic N) is 1. The molecule has 34 heavy (non-hydrogen) atoms. The molecule has 1 N–H and O–H groups in total. The standard InChI is InChI=1S/C30H40ClFN2/c1-20-13-14-23-26(15-20)34(18-21-9-6-5-7-10-21)19-30(23)24(17-33-27(30)16-29(2,3)4)22-11-8-12-25(31)28(22)32/h8,11-15,21,24,27,33H,5-7,9-10,16-19H2,1-4H3/t24-,27+,30-/m1/s1. The van der Waals surface area contributed by atoms with Crippen molar-refractivity contribution < 1.29 is 4.39 Å². The second-order valence-corrected chi connectivity index (χ2v) is 12.8. The van der Waals surface area contributed by atoms with Crippen molar-refractivity contribution in [3.63, 3.8) is 0 Å². The van der Waals surface area contributed by atoms with Gasteiger partial charge in [-0.25, -0.2) is 4.39 Å². The van der Waals surface area contributed by atoms with Crippen LogP contribution >= 0.6 is 11.6 Å². The van der Waals surface area contributed by atoms with Crippen LogP contribution in [-0.2, 0) is 5.41 Å². The summed E-state index contributed by atoms with van der Waals surface area (Å²) in [5.41, 5.74) is 4.85. The molecule has 184 valence electrons. The summed E-state index contributed by atoms with van der Waals surface area (Å²) in [6, 6.07) is 12.8. The van der Waals surface area contributed by atoms with Crippen LogP contribution in [0.3, 0.4) is 0 Å². The van der Waals surface area contributed by atoms with E-state index in [1.807, 2.05) is 12.1 Å². The molecule has 0 amide bonds. The topological polar surface area (TPSA) is 15.3 Å². The largest absolute Gasteiger partial charge is 0.370 e. The maximum Gasteiger partial charge on any atom is 0.145 e. The first kappa shape index (κ1) is 24.1. The van der Waals surface area contributed by atoms with Crippen LogP contribution in [0.4, 0.5) is 10.1 Å². The summed E-state index contributed by atoms with van der Waals surface area (Å²) in [6.45, 7) is 12.0. The molecule has 1 saturated carbocycles. The summed E-state index contributed by atoms with van der Waals surface area (Å²) in [5, 5.41) is 4.11. The molecule has 2 nitrogen and oxygen atoms in total. The van der Waals surface area contributed by atoms with Crippen LogP contribution in [0, 0.1) is 24.1 Å². The van der Waals surface area contributed by atoms with Crippen LogP contribution in [0.25, 0.3) is 0 Å². The van der Waals surface area contributed by atoms with Crippen LogP contribution in [-0.4, -0.2) is 25.7 Å². The highest BCUT2D eigenvalue weighted by Gasteiger charge is 2.58. The monoisotopic (exact) mass is 482 g/mol. The van der Waals surface area contributed by atoms with E-state index in [1.165, 1.54) is 48.9 Å². The zero-order chi connectivity index (χ0) is 24.1. The van der Waals surface area contributed by atoms with Gasteiger partial charge in [0.05, 0.1) is 5.02 Å². The summed E-state index contributed by atoms with van der Waals surface area (Å²) in [4.78, 5) is 2.66. The normalized spacial score (nSPS) is 27.5. The third kappa shape index (κ3) is 4.28. The van der Waals surface area contributed by atoms with Crippen molar-refractivity contribution in [2.45, 2.75) is 83.6 Å². The van der Waals surface area contributed by atoms with Gasteiger partial charge in [-0.3, -0.25) is 0 Å². The quantitative estimate of drug-likeness (QED) is 0.482. The lowest BCUT2D eigenvalue weighted by molar-refractivity contribution is 0.252. The highest BCUT2D eigenvalue weighted by Crippen LogP contribution is 2.56. The van der Waals surface area contributed by atoms with Crippen LogP contribution in [0.1, 0.15) is 81.9 Å². The summed E-state index contributed by atoms with van der Waals surface area (Å²) >= 11 is 6.30. The highest BCUT2D eigenvalue weighted by atomic mass is 35.5. The van der Waals surface area contributed by atoms with Crippen molar-refractivity contribution >= 4 is 17.3 Å². The highest BCUT2D eigenvalue weighted by molar-refractivity contribution is 6.30. The van der Waals surface area contributed by atoms with Crippen LogP contribution < -0.4 is 10.2 Å². The number of benzene rings is 2. The van der Waals surface area contributed by atoms with Gasteiger partial charge in [-0.05, 0) is 66.3 Å². The van der Waals surface area contributed by atoms with Crippen LogP contribution in [0.2, 0.25) is 5.02 Å². The first-order chi connectivity index (χ1) is 16.2. The molecule has 2 aliphatic heterocycles. The summed E-state index contributed by atoms with van der Waals surface area (Å²) in [6.07, 6.45) is 7.81. The number of aryl methyl sites for hydroxylation is 1. The lowest BCUT2D eigenvalue weighted by Crippen LogP contribution is -2.48. The van der Waals surface area contributed by atoms with E-state index in [-0.39, 0.29) is 33.6 Å². The second kappa shape index (κ2) is 9.13. The lowest BCUT2D eigenvalue weighted by Gasteiger charge is -2.40. The van der Waals surface area contributed by atoms with Gasteiger partial charge in [0.15, 0.2) is 0 Å². The molecule has 0 radical (unpaired) electrons. The Hall–Kier alpha value is -1.58. The minimum Gasteiger partial charge on any atom is -0.370 e. The molecule has 2 fully saturated rings. The second-order valence-electron chi connectivity index (χ2n) is 12.4. The molecule has 0 aromatic heterocycles. The maximum absolute atomic E-state index is 15.5. The lowest BCUT2D eigenvalue weighted by atomic mass is 9.64. The number of fused-ring (bicyclic) bond motifs is 2. The summed E-state index contributed by atoms with van der Waals surface area (Å²) in [7, 11) is 0. The molecule has 3 aliphatic rings. The van der Waals surface area contributed by atoms with E-state index in [2.05, 4.69) is 56.1 Å². The van der Waals surface area contributed by atoms with Crippen molar-refractivity contribution in [3.8, 4) is 0 Å². The Balaban J connectivity index is 1.62. The molecule has 1 spiro atoms. The van der Waals surface area contributed by atoms with Crippen molar-refractivity contribution in [2.75, 3.05) is 24.5 Å². The van der Waals surface area contributed by atoms with Gasteiger partial charge in [0.2, 0.25) is 0 Å². The van der Waals surface area contributed by atoms with E-state index in [1.54, 1.807) is 6.07 Å². The first-order valence-electron chi connectivity index (χ1n) is 13.2. The van der Waals surface area contributed by atoms with Crippen molar-refractivity contribution in [2.24, 2.45) is 11.3 Å². The molecule has 3 atom stereocenters. The number of nitrogens with one attached hydrogen (secondary N) is 1. The zero-order valence-corrected chi connectivity index (χ0v) is 22.0. The minimum absolute atomic E-state index is 0.0522. The summed E-state index contributed by atoms with van der Waals surface area (Å²) < 4.78 is 15.5. The first-order valence-corrected chi connectivity index (χ1v) is 13.6. The molecule has 1 aliphatic carbocycles. The average Bonchev–Trinajstić information content (AvgIpc) is 3.28. The number of halogens is 2. The van der Waals surface area contributed by atoms with Crippen LogP contribution in [0.5, 0.6) is 0 Å². The van der Waals surface area contributed by atoms with Gasteiger partial charge >= 0.3 is 0 Å². The molecule has 1 saturated heterocycles. The van der Waals surface area contributed by atoms with Gasteiger partial charge in [0, 0.05) is 42.7 Å². The van der Waals surface area contributed by atoms with Gasteiger partial charge in [-0.1, -0.05) is 75.9 Å². The van der Waals surface area contributed by atoms with Crippen molar-refractivity contribution in [1.29, 1.82) is 0 Å². The van der Waals surface area contributed by atoms with E-state index < -0.39 is 0 Å². The van der Waals surface area contributed by atoms with E-state index in [4.69, 9.17) is 11.6 Å². The molecule has 2 aromatic rings. The third-order valence-corrected chi connectivity index (χ3v) is 8.93. The predicted molar refractivity (Wildman–Crippen MR) is 142 cm³/mol. The fourth-order valence-corrected chi connectivity index (χ4v) is 7.32. The van der Waals surface area contributed by atoms with E-state index in [9.17, 15) is 0 Å². The van der Waals surface area contributed by atoms with Gasteiger partial charge in [0.1, 0.15) is 5.82 Å². The number of anilines is 1. The Bertz CT molecular complexity index is 1040. The zero-order valence-electron chi connectivity index (χ0n) is 21.3. The van der Waals surface area contributed by atoms with E-state index >= 15 is 4.39 Å². The van der Waals surface area contributed by atoms with E-state index in [0.29, 0.717) is 0 Å². The Kier molecular flexibility index (Phi) is 6.48. The van der Waals surface area contributed by atoms with Gasteiger partial charge in [0.25, 0.3) is 0 Å². The molecular weight excluding hydrogens is 443 g/mol. The predicted octanol–water partition coefficient (Wildman–Crippen LogP) is 7.62. The van der Waals surface area contributed by atoms with Gasteiger partial charge in [-0.15, -0.1) is 0 Å². The number of rotatable bonds is 4. The summed E-state index contributed by atoms with van der Waals surface area (Å²) in [5.74, 6) is 0.566. The number of hydrogen-bond acceptors (Lipinski definition) is 2. The molecule has 0 bridgehead atoms. The smallest absolute Gasteiger partial charge is 0.145 e. The SMILES string of the molecule is Cc1ccc2c(c1)N(CC1CCCCC1)C[C@@]21[C@H](CC(C)(C)C)NC[C@@H]1c1cccc(Cl)c1F. The molecule has 0 unspecified atom stereocenters. The third-order valence-electron chi connectivity index (χ3n) is 8.64. The Morgan fingerprint density at radius 3 is 2.62 bits per heavy atom. The van der Waals surface area contributed by atoms with Crippen molar-refractivity contribution in [3.05, 3.63) is 63.9 Å². The maximum atomic E-state index is 15.5. The van der Waals surface area contributed by atoms with Crippen molar-refractivity contribution in [1.82, 2.24) is 5.32 Å². The van der Waals surface area contributed by atoms with Gasteiger partial charge < -0.3 is 10.2 Å². The molecule has 5 rings (SSSR count). The Morgan fingerprint density at radius 1 is 1.12 bits per heavy atom. The fourth-order valence-electron chi connectivity index (χ4n) is 7.13. The van der Waals surface area contributed by atoms with E-state index in [0.717, 1.165) is 37.5 Å². The molecule has 4 heteroatoms. The fraction of sp³-hybridized carbons (Fsp3) is 0.600. The molecule has 2 aromatic carbocycles. The van der Waals surface area contributed by atoms with Gasteiger partial charge in [-0.2, -0.15) is 0 Å². The molecular formula is C30H40ClFN2. The Morgan fingerprint density at radius 2 is 1.88 bits per heavy atom. The average molecular weight is 483 g/mol. The molecule has 2 heterocycles. The number of hydrogen-bond donors (Lipinski definition) is 1. The Labute approximate surface area is 210 Å². The minimum atomic E-state index is -0.244.